The van der Waals surface area contributed by atoms with Gasteiger partial charge >= 0.3 is 0 Å². The lowest BCUT2D eigenvalue weighted by Gasteiger charge is -2.44. The van der Waals surface area contributed by atoms with E-state index in [4.69, 9.17) is 5.73 Å². The van der Waals surface area contributed by atoms with Gasteiger partial charge in [0, 0.05) is 12.6 Å². The van der Waals surface area contributed by atoms with Gasteiger partial charge in [0.15, 0.2) is 0 Å². The van der Waals surface area contributed by atoms with Gasteiger partial charge in [-0.2, -0.15) is 0 Å². The van der Waals surface area contributed by atoms with Crippen molar-refractivity contribution in [3.63, 3.8) is 0 Å². The third kappa shape index (κ3) is 2.96. The standard InChI is InChI=1S/C12H26N2/c1-5-14(9-12(3,4)8-13)11-6-10(2)7-11/h10-11H,5-9,13H2,1-4H3. The molecule has 1 aliphatic rings. The quantitative estimate of drug-likeness (QED) is 0.733. The van der Waals surface area contributed by atoms with Gasteiger partial charge in [0.1, 0.15) is 0 Å². The fraction of sp³-hybridized carbons (Fsp3) is 1.00. The first-order chi connectivity index (χ1) is 6.48. The van der Waals surface area contributed by atoms with Crippen molar-refractivity contribution in [2.24, 2.45) is 17.1 Å². The Morgan fingerprint density at radius 2 is 1.93 bits per heavy atom. The maximum absolute atomic E-state index is 5.77. The highest BCUT2D eigenvalue weighted by Crippen LogP contribution is 2.32. The molecule has 0 atom stereocenters. The van der Waals surface area contributed by atoms with Crippen LogP contribution in [0.15, 0.2) is 0 Å². The second-order valence-electron chi connectivity index (χ2n) is 5.66. The van der Waals surface area contributed by atoms with Crippen LogP contribution >= 0.6 is 0 Å². The van der Waals surface area contributed by atoms with E-state index >= 15 is 0 Å². The predicted octanol–water partition coefficient (Wildman–Crippen LogP) is 2.09. The van der Waals surface area contributed by atoms with Gasteiger partial charge in [-0.05, 0) is 37.3 Å². The molecule has 2 N–H and O–H groups in total. The third-order valence-electron chi connectivity index (χ3n) is 3.46. The average molecular weight is 198 g/mol. The first-order valence-electron chi connectivity index (χ1n) is 5.92. The molecule has 14 heavy (non-hydrogen) atoms. The SMILES string of the molecule is CCN(CC(C)(C)CN)C1CC(C)C1. The Morgan fingerprint density at radius 3 is 2.29 bits per heavy atom. The van der Waals surface area contributed by atoms with Crippen LogP contribution in [-0.4, -0.2) is 30.6 Å². The maximum atomic E-state index is 5.77. The van der Waals surface area contributed by atoms with Crippen molar-refractivity contribution in [2.75, 3.05) is 19.6 Å². The summed E-state index contributed by atoms with van der Waals surface area (Å²) in [6.45, 7) is 12.2. The van der Waals surface area contributed by atoms with E-state index in [0.717, 1.165) is 25.0 Å². The van der Waals surface area contributed by atoms with Gasteiger partial charge in [-0.3, -0.25) is 0 Å². The molecule has 0 saturated heterocycles. The van der Waals surface area contributed by atoms with Crippen molar-refractivity contribution in [3.05, 3.63) is 0 Å². The van der Waals surface area contributed by atoms with Crippen molar-refractivity contribution in [3.8, 4) is 0 Å². The van der Waals surface area contributed by atoms with Crippen LogP contribution in [0.3, 0.4) is 0 Å². The molecule has 1 saturated carbocycles. The van der Waals surface area contributed by atoms with Crippen molar-refractivity contribution < 1.29 is 0 Å². The van der Waals surface area contributed by atoms with Crippen LogP contribution in [0.4, 0.5) is 0 Å². The zero-order chi connectivity index (χ0) is 10.8. The van der Waals surface area contributed by atoms with E-state index in [2.05, 4.69) is 32.6 Å². The van der Waals surface area contributed by atoms with Gasteiger partial charge in [-0.1, -0.05) is 27.7 Å². The van der Waals surface area contributed by atoms with E-state index in [0.29, 0.717) is 0 Å². The zero-order valence-electron chi connectivity index (χ0n) is 10.2. The van der Waals surface area contributed by atoms with Crippen molar-refractivity contribution in [1.29, 1.82) is 0 Å². The highest BCUT2D eigenvalue weighted by atomic mass is 15.2. The van der Waals surface area contributed by atoms with E-state index in [1.807, 2.05) is 0 Å². The molecule has 0 unspecified atom stereocenters. The van der Waals surface area contributed by atoms with Gasteiger partial charge in [0.05, 0.1) is 0 Å². The Morgan fingerprint density at radius 1 is 1.36 bits per heavy atom. The van der Waals surface area contributed by atoms with Crippen LogP contribution in [-0.2, 0) is 0 Å². The largest absolute Gasteiger partial charge is 0.330 e. The summed E-state index contributed by atoms with van der Waals surface area (Å²) in [7, 11) is 0. The minimum atomic E-state index is 0.273. The average Bonchev–Trinajstić information content (AvgIpc) is 2.10. The highest BCUT2D eigenvalue weighted by Gasteiger charge is 2.32. The number of hydrogen-bond acceptors (Lipinski definition) is 2. The molecule has 0 radical (unpaired) electrons. The Bertz CT molecular complexity index is 171. The van der Waals surface area contributed by atoms with E-state index in [-0.39, 0.29) is 5.41 Å². The molecule has 2 heteroatoms. The normalized spacial score (nSPS) is 27.9. The topological polar surface area (TPSA) is 29.3 Å². The molecule has 0 aromatic carbocycles. The van der Waals surface area contributed by atoms with Gasteiger partial charge in [0.2, 0.25) is 0 Å². The minimum Gasteiger partial charge on any atom is -0.330 e. The monoisotopic (exact) mass is 198 g/mol. The third-order valence-corrected chi connectivity index (χ3v) is 3.46. The van der Waals surface area contributed by atoms with Crippen LogP contribution in [0.25, 0.3) is 0 Å². The smallest absolute Gasteiger partial charge is 0.0100 e. The molecule has 2 nitrogen and oxygen atoms in total. The minimum absolute atomic E-state index is 0.273. The summed E-state index contributed by atoms with van der Waals surface area (Å²) in [6.07, 6.45) is 2.77. The molecule has 0 aliphatic heterocycles. The van der Waals surface area contributed by atoms with Crippen LogP contribution in [0.1, 0.15) is 40.5 Å². The second kappa shape index (κ2) is 4.63. The molecule has 0 bridgehead atoms. The lowest BCUT2D eigenvalue weighted by molar-refractivity contribution is 0.0594. The van der Waals surface area contributed by atoms with Crippen molar-refractivity contribution in [1.82, 2.24) is 4.90 Å². The molecular formula is C12H26N2. The number of hydrogen-bond donors (Lipinski definition) is 1. The molecule has 84 valence electrons. The predicted molar refractivity (Wildman–Crippen MR) is 62.3 cm³/mol. The number of rotatable bonds is 5. The Kier molecular flexibility index (Phi) is 3.96. The summed E-state index contributed by atoms with van der Waals surface area (Å²) < 4.78 is 0. The molecule has 0 spiro atoms. The molecule has 1 fully saturated rings. The van der Waals surface area contributed by atoms with Crippen LogP contribution in [0.2, 0.25) is 0 Å². The maximum Gasteiger partial charge on any atom is 0.0100 e. The molecule has 0 aromatic rings. The first-order valence-corrected chi connectivity index (χ1v) is 5.92. The van der Waals surface area contributed by atoms with Crippen LogP contribution < -0.4 is 5.73 Å². The van der Waals surface area contributed by atoms with Crippen molar-refractivity contribution >= 4 is 0 Å². The summed E-state index contributed by atoms with van der Waals surface area (Å²) in [6, 6.07) is 0.834. The molecule has 0 aromatic heterocycles. The Labute approximate surface area is 88.8 Å². The van der Waals surface area contributed by atoms with Gasteiger partial charge in [0.25, 0.3) is 0 Å². The highest BCUT2D eigenvalue weighted by molar-refractivity contribution is 4.87. The number of nitrogens with zero attached hydrogens (tertiary/aromatic N) is 1. The van der Waals surface area contributed by atoms with E-state index in [1.54, 1.807) is 0 Å². The van der Waals surface area contributed by atoms with E-state index < -0.39 is 0 Å². The summed E-state index contributed by atoms with van der Waals surface area (Å²) in [4.78, 5) is 2.60. The fourth-order valence-electron chi connectivity index (χ4n) is 2.27. The lowest BCUT2D eigenvalue weighted by Crippen LogP contribution is -2.49. The Hall–Kier alpha value is -0.0800. The molecule has 1 aliphatic carbocycles. The Balaban J connectivity index is 2.39. The van der Waals surface area contributed by atoms with E-state index in [9.17, 15) is 0 Å². The summed E-state index contributed by atoms with van der Waals surface area (Å²) in [5, 5.41) is 0. The second-order valence-corrected chi connectivity index (χ2v) is 5.66. The van der Waals surface area contributed by atoms with Crippen LogP contribution in [0.5, 0.6) is 0 Å². The molecular weight excluding hydrogens is 172 g/mol. The van der Waals surface area contributed by atoms with Crippen LogP contribution in [0, 0.1) is 11.3 Å². The number of nitrogens with two attached hydrogens (primary N) is 1. The van der Waals surface area contributed by atoms with Gasteiger partial charge < -0.3 is 10.6 Å². The summed E-state index contributed by atoms with van der Waals surface area (Å²) in [5.41, 5.74) is 6.04. The van der Waals surface area contributed by atoms with Gasteiger partial charge in [-0.15, -0.1) is 0 Å². The zero-order valence-corrected chi connectivity index (χ0v) is 10.2. The van der Waals surface area contributed by atoms with Gasteiger partial charge in [-0.25, -0.2) is 0 Å². The molecule has 0 heterocycles. The first kappa shape index (κ1) is 12.0. The summed E-state index contributed by atoms with van der Waals surface area (Å²) in [5.74, 6) is 0.940. The van der Waals surface area contributed by atoms with E-state index in [1.165, 1.54) is 19.4 Å². The molecule has 0 amide bonds. The summed E-state index contributed by atoms with van der Waals surface area (Å²) >= 11 is 0. The fourth-order valence-corrected chi connectivity index (χ4v) is 2.27. The molecule has 1 rings (SSSR count). The lowest BCUT2D eigenvalue weighted by atomic mass is 9.79. The van der Waals surface area contributed by atoms with Crippen molar-refractivity contribution in [2.45, 2.75) is 46.6 Å².